The molecule has 2 heteroatoms. The van der Waals surface area contributed by atoms with Crippen LogP contribution in [-0.4, -0.2) is 22.6 Å². The Morgan fingerprint density at radius 1 is 1.21 bits per heavy atom. The quantitative estimate of drug-likeness (QED) is 0.883. The molecule has 3 atom stereocenters. The molecule has 1 aromatic rings. The highest BCUT2D eigenvalue weighted by molar-refractivity contribution is 5.34. The number of rotatable bonds is 3. The molecule has 104 valence electrons. The van der Waals surface area contributed by atoms with Crippen molar-refractivity contribution in [2.75, 3.05) is 6.54 Å². The molecular formula is C17H25NO. The summed E-state index contributed by atoms with van der Waals surface area (Å²) in [6.07, 6.45) is 7.99. The lowest BCUT2D eigenvalue weighted by atomic mass is 9.88. The normalized spacial score (nSPS) is 29.1. The molecule has 1 saturated carbocycles. The van der Waals surface area contributed by atoms with Gasteiger partial charge in [0.2, 0.25) is 0 Å². The zero-order valence-corrected chi connectivity index (χ0v) is 11.9. The molecule has 2 fully saturated rings. The molecule has 1 aliphatic heterocycles. The lowest BCUT2D eigenvalue weighted by Gasteiger charge is -2.43. The van der Waals surface area contributed by atoms with Gasteiger partial charge in [-0.1, -0.05) is 31.5 Å². The summed E-state index contributed by atoms with van der Waals surface area (Å²) in [7, 11) is 0. The van der Waals surface area contributed by atoms with E-state index in [2.05, 4.69) is 17.9 Å². The van der Waals surface area contributed by atoms with Crippen molar-refractivity contribution in [2.45, 2.75) is 57.5 Å². The molecule has 2 nitrogen and oxygen atoms in total. The van der Waals surface area contributed by atoms with Crippen LogP contribution in [-0.2, 0) is 0 Å². The summed E-state index contributed by atoms with van der Waals surface area (Å²) in [6.45, 7) is 3.45. The summed E-state index contributed by atoms with van der Waals surface area (Å²) in [5, 5.41) is 10.2. The summed E-state index contributed by atoms with van der Waals surface area (Å²) >= 11 is 0. The van der Waals surface area contributed by atoms with Crippen molar-refractivity contribution < 1.29 is 5.11 Å². The van der Waals surface area contributed by atoms with E-state index in [9.17, 15) is 5.11 Å². The fraction of sp³-hybridized carbons (Fsp3) is 0.647. The fourth-order valence-corrected chi connectivity index (χ4v) is 4.28. The third-order valence-electron chi connectivity index (χ3n) is 5.12. The minimum atomic E-state index is 0.395. The van der Waals surface area contributed by atoms with Gasteiger partial charge in [-0.3, -0.25) is 4.90 Å². The van der Waals surface area contributed by atoms with E-state index in [1.807, 2.05) is 18.2 Å². The zero-order valence-electron chi connectivity index (χ0n) is 11.9. The van der Waals surface area contributed by atoms with Crippen LogP contribution in [0.25, 0.3) is 0 Å². The van der Waals surface area contributed by atoms with Gasteiger partial charge in [0.15, 0.2) is 0 Å². The molecule has 19 heavy (non-hydrogen) atoms. The minimum absolute atomic E-state index is 0.395. The molecular weight excluding hydrogens is 234 g/mol. The van der Waals surface area contributed by atoms with Gasteiger partial charge in [-0.05, 0) is 50.6 Å². The van der Waals surface area contributed by atoms with Gasteiger partial charge in [0.1, 0.15) is 5.75 Å². The van der Waals surface area contributed by atoms with E-state index in [4.69, 9.17) is 0 Å². The van der Waals surface area contributed by atoms with Gasteiger partial charge < -0.3 is 5.11 Å². The Labute approximate surface area is 116 Å². The van der Waals surface area contributed by atoms with Crippen LogP contribution >= 0.6 is 0 Å². The Bertz CT molecular complexity index is 431. The standard InChI is InChI=1S/C17H25NO/c1-2-15(14-9-3-4-11-17(14)19)18-12-6-8-13-7-5-10-16(13)18/h3-4,9,11,13,15-16,19H,2,5-8,10,12H2,1H3. The van der Waals surface area contributed by atoms with Gasteiger partial charge in [0.05, 0.1) is 0 Å². The number of hydrogen-bond acceptors (Lipinski definition) is 2. The second kappa shape index (κ2) is 5.54. The van der Waals surface area contributed by atoms with Gasteiger partial charge >= 0.3 is 0 Å². The average Bonchev–Trinajstić information content (AvgIpc) is 2.91. The first-order chi connectivity index (χ1) is 9.31. The number of phenols is 1. The number of piperidine rings is 1. The Hall–Kier alpha value is -1.02. The molecule has 0 aromatic heterocycles. The predicted octanol–water partition coefficient (Wildman–Crippen LogP) is 4.11. The molecule has 1 N–H and O–H groups in total. The monoisotopic (exact) mass is 259 g/mol. The number of likely N-dealkylation sites (tertiary alicyclic amines) is 1. The van der Waals surface area contributed by atoms with Crippen molar-refractivity contribution in [3.05, 3.63) is 29.8 Å². The number of hydrogen-bond donors (Lipinski definition) is 1. The summed E-state index contributed by atoms with van der Waals surface area (Å²) in [4.78, 5) is 2.69. The van der Waals surface area contributed by atoms with Gasteiger partial charge in [-0.15, -0.1) is 0 Å². The molecule has 1 aromatic carbocycles. The van der Waals surface area contributed by atoms with Crippen molar-refractivity contribution in [3.63, 3.8) is 0 Å². The highest BCUT2D eigenvalue weighted by atomic mass is 16.3. The maximum Gasteiger partial charge on any atom is 0.120 e. The molecule has 1 heterocycles. The molecule has 0 bridgehead atoms. The van der Waals surface area contributed by atoms with Crippen molar-refractivity contribution in [1.29, 1.82) is 0 Å². The third-order valence-corrected chi connectivity index (χ3v) is 5.12. The summed E-state index contributed by atoms with van der Waals surface area (Å²) in [6, 6.07) is 9.05. The molecule has 3 rings (SSSR count). The van der Waals surface area contributed by atoms with Crippen LogP contribution in [0.1, 0.15) is 57.1 Å². The van der Waals surface area contributed by atoms with Gasteiger partial charge in [-0.2, -0.15) is 0 Å². The Morgan fingerprint density at radius 2 is 2.00 bits per heavy atom. The molecule has 2 aliphatic rings. The average molecular weight is 259 g/mol. The van der Waals surface area contributed by atoms with Crippen LogP contribution in [0, 0.1) is 5.92 Å². The van der Waals surface area contributed by atoms with Crippen molar-refractivity contribution in [3.8, 4) is 5.75 Å². The van der Waals surface area contributed by atoms with E-state index in [-0.39, 0.29) is 0 Å². The molecule has 0 spiro atoms. The number of nitrogens with zero attached hydrogens (tertiary/aromatic N) is 1. The summed E-state index contributed by atoms with van der Waals surface area (Å²) < 4.78 is 0. The molecule has 0 radical (unpaired) electrons. The Balaban J connectivity index is 1.87. The van der Waals surface area contributed by atoms with Crippen molar-refractivity contribution >= 4 is 0 Å². The maximum atomic E-state index is 10.2. The first-order valence-electron chi connectivity index (χ1n) is 7.85. The van der Waals surface area contributed by atoms with E-state index in [0.717, 1.165) is 23.9 Å². The second-order valence-corrected chi connectivity index (χ2v) is 6.12. The van der Waals surface area contributed by atoms with Crippen LogP contribution in [0.3, 0.4) is 0 Å². The highest BCUT2D eigenvalue weighted by Gasteiger charge is 2.38. The van der Waals surface area contributed by atoms with Crippen LogP contribution in [0.4, 0.5) is 0 Å². The van der Waals surface area contributed by atoms with Crippen molar-refractivity contribution in [1.82, 2.24) is 4.90 Å². The molecule has 1 aliphatic carbocycles. The number of aromatic hydroxyl groups is 1. The van der Waals surface area contributed by atoms with E-state index in [1.54, 1.807) is 0 Å². The molecule has 3 unspecified atom stereocenters. The fourth-order valence-electron chi connectivity index (χ4n) is 4.28. The van der Waals surface area contributed by atoms with Crippen molar-refractivity contribution in [2.24, 2.45) is 5.92 Å². The third kappa shape index (κ3) is 2.38. The summed E-state index contributed by atoms with van der Waals surface area (Å²) in [5.41, 5.74) is 1.12. The number of benzene rings is 1. The number of phenolic OH excluding ortho intramolecular Hbond substituents is 1. The van der Waals surface area contributed by atoms with E-state index in [0.29, 0.717) is 11.8 Å². The van der Waals surface area contributed by atoms with Crippen LogP contribution in [0.2, 0.25) is 0 Å². The van der Waals surface area contributed by atoms with E-state index >= 15 is 0 Å². The van der Waals surface area contributed by atoms with E-state index in [1.165, 1.54) is 38.6 Å². The first-order valence-corrected chi connectivity index (χ1v) is 7.85. The van der Waals surface area contributed by atoms with E-state index < -0.39 is 0 Å². The number of para-hydroxylation sites is 1. The smallest absolute Gasteiger partial charge is 0.120 e. The zero-order chi connectivity index (χ0) is 13.2. The summed E-state index contributed by atoms with van der Waals surface area (Å²) in [5.74, 6) is 1.38. The lowest BCUT2D eigenvalue weighted by Crippen LogP contribution is -2.44. The Kier molecular flexibility index (Phi) is 3.79. The molecule has 0 amide bonds. The van der Waals surface area contributed by atoms with Gasteiger partial charge in [0.25, 0.3) is 0 Å². The minimum Gasteiger partial charge on any atom is -0.508 e. The number of fused-ring (bicyclic) bond motifs is 1. The predicted molar refractivity (Wildman–Crippen MR) is 78.2 cm³/mol. The lowest BCUT2D eigenvalue weighted by molar-refractivity contribution is 0.0636. The van der Waals surface area contributed by atoms with Crippen LogP contribution in [0.15, 0.2) is 24.3 Å². The Morgan fingerprint density at radius 3 is 2.79 bits per heavy atom. The first kappa shape index (κ1) is 13.0. The van der Waals surface area contributed by atoms with Gasteiger partial charge in [-0.25, -0.2) is 0 Å². The van der Waals surface area contributed by atoms with Crippen LogP contribution < -0.4 is 0 Å². The van der Waals surface area contributed by atoms with Crippen LogP contribution in [0.5, 0.6) is 5.75 Å². The highest BCUT2D eigenvalue weighted by Crippen LogP contribution is 2.42. The topological polar surface area (TPSA) is 23.5 Å². The molecule has 1 saturated heterocycles. The van der Waals surface area contributed by atoms with Gasteiger partial charge in [0, 0.05) is 17.6 Å². The second-order valence-electron chi connectivity index (χ2n) is 6.12. The SMILES string of the molecule is CCC(c1ccccc1O)N1CCCC2CCCC21. The maximum absolute atomic E-state index is 10.2. The largest absolute Gasteiger partial charge is 0.508 e.